The van der Waals surface area contributed by atoms with Crippen molar-refractivity contribution in [3.63, 3.8) is 0 Å². The highest BCUT2D eigenvalue weighted by Gasteiger charge is 2.03. The van der Waals surface area contributed by atoms with E-state index in [2.05, 4.69) is 72.7 Å². The fourth-order valence-corrected chi connectivity index (χ4v) is 0.447. The first kappa shape index (κ1) is 128. The summed E-state index contributed by atoms with van der Waals surface area (Å²) in [6, 6.07) is 0. The maximum absolute atomic E-state index is 10.0. The molecule has 0 aliphatic heterocycles. The number of nitrogens with zero attached hydrogens (tertiary/aromatic N) is 1. The lowest BCUT2D eigenvalue weighted by Crippen LogP contribution is -2.20. The van der Waals surface area contributed by atoms with E-state index in [1.807, 2.05) is 55.1 Å². The van der Waals surface area contributed by atoms with E-state index in [-0.39, 0.29) is 18.4 Å². The Balaban J connectivity index is -0.0000000235. The number of hydrogen-bond donors (Lipinski definition) is 10. The second-order valence-corrected chi connectivity index (χ2v) is 23.7. The minimum absolute atomic E-state index is 0.160. The van der Waals surface area contributed by atoms with Crippen molar-refractivity contribution < 1.29 is 87.4 Å². The summed E-state index contributed by atoms with van der Waals surface area (Å²) < 4.78 is 142. The molecule has 456 valence electrons. The van der Waals surface area contributed by atoms with Gasteiger partial charge in [-0.15, -0.1) is 0 Å². The summed E-state index contributed by atoms with van der Waals surface area (Å²) in [5.41, 5.74) is 27.0. The number of carbonyl (C=O) groups excluding carboxylic acids is 1. The molecule has 0 fully saturated rings. The van der Waals surface area contributed by atoms with E-state index in [9.17, 15) is 59.5 Å². The van der Waals surface area contributed by atoms with Gasteiger partial charge in [-0.2, -0.15) is 16.8 Å². The Labute approximate surface area is 434 Å². The summed E-state index contributed by atoms with van der Waals surface area (Å²) in [6.07, 6.45) is 10.4. The van der Waals surface area contributed by atoms with E-state index >= 15 is 0 Å². The fraction of sp³-hybridized carbons (Fsp3) is 0.969. The van der Waals surface area contributed by atoms with Crippen LogP contribution < -0.4 is 50.0 Å². The number of methoxy groups -OCH3 is 1. The predicted molar refractivity (Wildman–Crippen MR) is 301 cm³/mol. The molecule has 0 saturated heterocycles. The van der Waals surface area contributed by atoms with Crippen LogP contribution in [0, 0.1) is 0 Å². The van der Waals surface area contributed by atoms with E-state index in [0.717, 1.165) is 65.1 Å². The van der Waals surface area contributed by atoms with Crippen molar-refractivity contribution in [2.75, 3.05) is 169 Å². The first-order valence-corrected chi connectivity index (χ1v) is 34.2. The number of sulfonamides is 3. The predicted octanol–water partition coefficient (Wildman–Crippen LogP) is -2.67. The Hall–Kier alpha value is -0.690. The van der Waals surface area contributed by atoms with Gasteiger partial charge in [0, 0.05) is 57.1 Å². The van der Waals surface area contributed by atoms with Gasteiger partial charge in [-0.3, -0.25) is 17.8 Å². The third-order valence-electron chi connectivity index (χ3n) is 1.31. The quantitative estimate of drug-likeness (QED) is 0.0581. The van der Waals surface area contributed by atoms with Crippen molar-refractivity contribution in [1.82, 2.24) is 9.79 Å². The van der Waals surface area contributed by atoms with Crippen LogP contribution in [0.1, 0.15) is 41.5 Å². The summed E-state index contributed by atoms with van der Waals surface area (Å²) >= 11 is 0. The van der Waals surface area contributed by atoms with Gasteiger partial charge in [0.15, 0.2) is 0 Å². The normalized spacial score (nSPS) is 8.67. The Morgan fingerprint density at radius 1 is 0.543 bits per heavy atom. The number of hydrogen-bond acceptors (Lipinski definition) is 27. The molecule has 0 unspecified atom stereocenters. The summed E-state index contributed by atoms with van der Waals surface area (Å²) in [4.78, 5) is 13.8. The van der Waals surface area contributed by atoms with Crippen LogP contribution in [-0.2, 0) is 98.4 Å². The van der Waals surface area contributed by atoms with E-state index in [4.69, 9.17) is 5.21 Å². The molecule has 0 aromatic carbocycles. The highest BCUT2D eigenvalue weighted by Crippen LogP contribution is 2.24. The summed E-state index contributed by atoms with van der Waals surface area (Å²) in [5, 5.41) is 19.5. The monoisotopic (exact) mass is 1210 g/mol. The molecule has 0 saturated carbocycles. The number of ether oxygens (including phenoxy) is 1. The van der Waals surface area contributed by atoms with Gasteiger partial charge in [-0.05, 0) is 83.6 Å². The van der Waals surface area contributed by atoms with Crippen LogP contribution in [0.5, 0.6) is 0 Å². The van der Waals surface area contributed by atoms with Crippen LogP contribution in [0.2, 0.25) is 0 Å². The van der Waals surface area contributed by atoms with E-state index in [1.54, 1.807) is 26.7 Å². The highest BCUT2D eigenvalue weighted by atomic mass is 32.2. The summed E-state index contributed by atoms with van der Waals surface area (Å²) in [5.74, 6) is 0.167. The maximum Gasteiger partial charge on any atom is 0.264 e. The fourth-order valence-electron chi connectivity index (χ4n) is 0.149. The number of sulfone groups is 1. The third kappa shape index (κ3) is 1450. The third-order valence-corrected chi connectivity index (χ3v) is 3.93. The Kier molecular flexibility index (Phi) is 199. The van der Waals surface area contributed by atoms with Crippen LogP contribution in [0.3, 0.4) is 0 Å². The van der Waals surface area contributed by atoms with Gasteiger partial charge in [-0.25, -0.2) is 53.5 Å². The van der Waals surface area contributed by atoms with E-state index < -0.39 is 70.9 Å². The Morgan fingerprint density at radius 2 is 0.614 bits per heavy atom. The molecule has 0 bridgehead atoms. The standard InChI is InChI=1S/C3H9O2P.C3H6O.C2H7NO3S.C2H7N.2C2H6O3S.C2H6O2S.C2H6OS.C2H6O.2C2H6.2CH5NO2S.6CH5N/c1-4-5-6(2)3;1-3(2)4;1-3(4)7(2,5)6;1-3-2;2*1-5-6(2,3)4;1-5(2,3)4;1-4(2)3;1-3-2;2*1-2;2*1-5(2,3)4;6*1-2/h1-3H3;1-2H3;4H,1-2H3;3H,1-2H3;2*1-2H3;1-2H3;1-2H3;1-2H3;2*1-2H3;2*1H3,(H2,2,3,4);6*2H2,1H3. The zero-order chi connectivity index (χ0) is 63.6. The Morgan fingerprint density at radius 3 is 0.614 bits per heavy atom. The molecule has 0 spiro atoms. The van der Waals surface area contributed by atoms with Gasteiger partial charge in [0.1, 0.15) is 15.6 Å². The van der Waals surface area contributed by atoms with Crippen LogP contribution in [0.4, 0.5) is 0 Å². The number of ketones is 1. The minimum Gasteiger partial charge on any atom is -0.388 e. The Bertz CT molecular complexity index is 1370. The van der Waals surface area contributed by atoms with Crippen molar-refractivity contribution in [3.05, 3.63) is 0 Å². The van der Waals surface area contributed by atoms with E-state index in [1.165, 1.54) is 63.2 Å². The van der Waals surface area contributed by atoms with E-state index in [0.29, 0.717) is 0 Å². The number of primary sulfonamides is 2. The molecule has 18 N–H and O–H groups in total. The lowest BCUT2D eigenvalue weighted by atomic mass is 10.6. The van der Waals surface area contributed by atoms with Crippen LogP contribution in [0.25, 0.3) is 0 Å². The number of nitrogens with two attached hydrogens (primary N) is 8. The molecule has 30 nitrogen and oxygen atoms in total. The number of nitrogens with one attached hydrogen (secondary N) is 1. The number of hydroxylamine groups is 1. The lowest BCUT2D eigenvalue weighted by Gasteiger charge is -2.00. The summed E-state index contributed by atoms with van der Waals surface area (Å²) in [7, 11) is 1.20. The van der Waals surface area contributed by atoms with Gasteiger partial charge in [0.2, 0.25) is 30.1 Å². The molecular weight excluding hydrogens is 1100 g/mol. The smallest absolute Gasteiger partial charge is 0.264 e. The molecule has 0 rings (SSSR count). The average molecular weight is 1210 g/mol. The second-order valence-electron chi connectivity index (χ2n) is 9.35. The van der Waals surface area contributed by atoms with Gasteiger partial charge in [0.25, 0.3) is 20.2 Å². The molecular formula is C32H111N10O20PS7. The lowest BCUT2D eigenvalue weighted by molar-refractivity contribution is -0.168. The van der Waals surface area contributed by atoms with Crippen molar-refractivity contribution in [3.8, 4) is 0 Å². The SMILES string of the molecule is CC.CC.CC(C)=O.CN.CN.CN.CN.CN.CN.CN(O)S(C)(=O)=O.CNC.COC.COOP(C)C.COS(C)(=O)=O.COS(C)(=O)=O.CS(C)(=O)=O.CS(C)=O.CS(N)(=O)=O.CS(N)(=O)=O. The number of rotatable bonds is 5. The molecule has 0 heterocycles. The number of Topliss-reactive ketones (excluding diaryl/α,β-unsaturated/α-hetero) is 1. The molecule has 70 heavy (non-hydrogen) atoms. The largest absolute Gasteiger partial charge is 0.388 e. The van der Waals surface area contributed by atoms with Crippen molar-refractivity contribution in [2.45, 2.75) is 41.5 Å². The molecule has 0 amide bonds. The topological polar surface area (TPSA) is 529 Å². The molecule has 0 aromatic rings. The minimum atomic E-state index is -3.35. The first-order valence-electron chi connectivity index (χ1n) is 18.4. The molecule has 0 aliphatic carbocycles. The van der Waals surface area contributed by atoms with Gasteiger partial charge < -0.3 is 49.3 Å². The molecule has 38 heteroatoms. The van der Waals surface area contributed by atoms with Gasteiger partial charge in [0.05, 0.1) is 60.8 Å². The zero-order valence-corrected chi connectivity index (χ0v) is 55.2. The second kappa shape index (κ2) is 109. The van der Waals surface area contributed by atoms with Crippen molar-refractivity contribution in [2.24, 2.45) is 44.7 Å². The van der Waals surface area contributed by atoms with Crippen molar-refractivity contribution >= 4 is 84.9 Å². The first-order chi connectivity index (χ1) is 31.1. The molecule has 0 aliphatic rings. The molecule has 0 aromatic heterocycles. The summed E-state index contributed by atoms with van der Waals surface area (Å²) in [6.45, 7) is 15.0. The molecule has 0 radical (unpaired) electrons. The van der Waals surface area contributed by atoms with Gasteiger partial charge in [-0.1, -0.05) is 32.2 Å². The van der Waals surface area contributed by atoms with Gasteiger partial charge >= 0.3 is 0 Å². The van der Waals surface area contributed by atoms with Crippen LogP contribution in [-0.4, -0.2) is 239 Å². The number of carbonyl (C=O) groups is 1. The zero-order valence-electron chi connectivity index (χ0n) is 48.6. The van der Waals surface area contributed by atoms with Crippen LogP contribution >= 0.6 is 8.15 Å². The maximum atomic E-state index is 10.0. The average Bonchev–Trinajstić information content (AvgIpc) is 3.19. The highest BCUT2D eigenvalue weighted by molar-refractivity contribution is 7.90. The van der Waals surface area contributed by atoms with Crippen LogP contribution in [0.15, 0.2) is 0 Å². The molecule has 0 atom stereocenters. The van der Waals surface area contributed by atoms with Crippen molar-refractivity contribution in [1.29, 1.82) is 0 Å².